The fourth-order valence-electron chi connectivity index (χ4n) is 10.4. The molecular weight excluding hydrogens is 1070 g/mol. The summed E-state index contributed by atoms with van der Waals surface area (Å²) in [6.07, 6.45) is 2.89. The number of amides is 4. The number of thiazole rings is 1. The number of nitrogens with one attached hydrogen (secondary N) is 2. The van der Waals surface area contributed by atoms with E-state index in [2.05, 4.69) is 30.4 Å². The summed E-state index contributed by atoms with van der Waals surface area (Å²) in [5.41, 5.74) is 7.12. The molecule has 2 aromatic carbocycles. The van der Waals surface area contributed by atoms with Crippen LogP contribution < -0.4 is 20.4 Å². The first-order valence-electron chi connectivity index (χ1n) is 28.0. The molecule has 0 saturated carbocycles. The van der Waals surface area contributed by atoms with Gasteiger partial charge in [-0.05, 0) is 78.3 Å². The average Bonchev–Trinajstić information content (AvgIpc) is 4.39. The van der Waals surface area contributed by atoms with E-state index in [4.69, 9.17) is 33.8 Å². The normalized spacial score (nSPS) is 17.9. The van der Waals surface area contributed by atoms with Gasteiger partial charge in [-0.3, -0.25) is 19.2 Å². The van der Waals surface area contributed by atoms with E-state index in [0.29, 0.717) is 64.9 Å². The molecule has 438 valence electrons. The molecule has 0 aliphatic carbocycles. The molecule has 3 N–H and O–H groups in total. The van der Waals surface area contributed by atoms with Crippen LogP contribution in [0.15, 0.2) is 90.6 Å². The van der Waals surface area contributed by atoms with Gasteiger partial charge >= 0.3 is 0 Å². The van der Waals surface area contributed by atoms with Crippen LogP contribution in [-0.2, 0) is 49.4 Å². The van der Waals surface area contributed by atoms with Crippen molar-refractivity contribution in [1.82, 2.24) is 45.0 Å². The number of pyridine rings is 1. The van der Waals surface area contributed by atoms with Gasteiger partial charge in [0.25, 0.3) is 0 Å². The van der Waals surface area contributed by atoms with Crippen molar-refractivity contribution in [3.63, 3.8) is 0 Å². The standard InChI is InChI=1S/C59H74FN11O10S/c1-40-55(82-39-63-40)42-15-13-41(14-16-42)34-62-57(75)48-33-45(72)36-70(48)58(76)56(59(2,3)4)65-53(73)37-80-30-28-78-26-24-77-25-27-79-29-31-81-38-54(74)68-22-20-67(21-23-68)51-12-6-10-46(64-51)49-35-61-50-17-18-52(66-71(49)50)69-19-7-11-47(69)43-8-5-9-44(60)32-43/h5-6,8-10,12-18,32,35,39,45,47-48,56,72H,7,11,19-31,33-34,36-38H2,1-4H3,(H,62,75)(H,65,73)/t45-,47-,48+,56-/m1/s1. The molecule has 3 fully saturated rings. The monoisotopic (exact) mass is 1150 g/mol. The molecular formula is C59H74FN11O10S. The third kappa shape index (κ3) is 15.6. The molecule has 21 nitrogen and oxygen atoms in total. The van der Waals surface area contributed by atoms with E-state index in [1.807, 2.05) is 98.4 Å². The first-order chi connectivity index (χ1) is 39.7. The highest BCUT2D eigenvalue weighted by Crippen LogP contribution is 2.36. The Balaban J connectivity index is 0.596. The number of halogens is 1. The van der Waals surface area contributed by atoms with E-state index in [9.17, 15) is 28.7 Å². The van der Waals surface area contributed by atoms with Crippen molar-refractivity contribution in [2.24, 2.45) is 5.41 Å². The molecule has 0 unspecified atom stereocenters. The molecule has 4 amide bonds. The number of carbonyl (C=O) groups is 4. The van der Waals surface area contributed by atoms with Gasteiger partial charge in [-0.25, -0.2) is 23.9 Å². The number of hydrogen-bond donors (Lipinski definition) is 3. The van der Waals surface area contributed by atoms with Crippen molar-refractivity contribution in [2.75, 3.05) is 115 Å². The number of benzene rings is 2. The summed E-state index contributed by atoms with van der Waals surface area (Å²) in [7, 11) is 0. The SMILES string of the molecule is Cc1ncsc1-c1ccc(CNC(=O)[C@@H]2C[C@@H](O)CN2C(=O)[C@@H](NC(=O)COCCOCCOCCOCCOCC(=O)N2CCN(c3cccc(-c4cnc5ccc(N6CCC[C@@H]6c6cccc(F)c6)nn45)n3)CC2)C(C)(C)C)cc1. The van der Waals surface area contributed by atoms with E-state index in [1.54, 1.807) is 34.6 Å². The number of hydrogen-bond acceptors (Lipinski definition) is 17. The molecule has 7 heterocycles. The van der Waals surface area contributed by atoms with Gasteiger partial charge in [0.15, 0.2) is 5.65 Å². The molecule has 3 saturated heterocycles. The Morgan fingerprint density at radius 2 is 1.50 bits per heavy atom. The molecule has 0 radical (unpaired) electrons. The minimum Gasteiger partial charge on any atom is -0.391 e. The Morgan fingerprint density at radius 1 is 0.805 bits per heavy atom. The second-order valence-electron chi connectivity index (χ2n) is 21.6. The Bertz CT molecular complexity index is 3090. The zero-order valence-corrected chi connectivity index (χ0v) is 47.9. The number of carbonyl (C=O) groups excluding carboxylic acids is 4. The lowest BCUT2D eigenvalue weighted by Crippen LogP contribution is -2.58. The maximum Gasteiger partial charge on any atom is 0.248 e. The topological polar surface area (TPSA) is 228 Å². The highest BCUT2D eigenvalue weighted by molar-refractivity contribution is 7.13. The Morgan fingerprint density at radius 3 is 2.18 bits per heavy atom. The van der Waals surface area contributed by atoms with Crippen LogP contribution in [0.2, 0.25) is 0 Å². The number of aromatic nitrogens is 5. The molecule has 3 aliphatic rings. The second-order valence-corrected chi connectivity index (χ2v) is 22.5. The third-order valence-electron chi connectivity index (χ3n) is 14.7. The van der Waals surface area contributed by atoms with Gasteiger partial charge in [-0.2, -0.15) is 0 Å². The number of aliphatic hydroxyl groups excluding tert-OH is 1. The number of piperazine rings is 1. The van der Waals surface area contributed by atoms with Crippen molar-refractivity contribution in [1.29, 1.82) is 0 Å². The van der Waals surface area contributed by atoms with Crippen LogP contribution >= 0.6 is 11.3 Å². The van der Waals surface area contributed by atoms with Gasteiger partial charge in [-0.1, -0.05) is 63.2 Å². The maximum atomic E-state index is 14.1. The predicted molar refractivity (Wildman–Crippen MR) is 306 cm³/mol. The second kappa shape index (κ2) is 28.3. The van der Waals surface area contributed by atoms with Crippen LogP contribution in [-0.4, -0.2) is 187 Å². The number of aliphatic hydroxyl groups is 1. The minimum atomic E-state index is -0.978. The van der Waals surface area contributed by atoms with Crippen LogP contribution in [0.1, 0.15) is 62.9 Å². The number of ether oxygens (including phenoxy) is 5. The Hall–Kier alpha value is -6.99. The summed E-state index contributed by atoms with van der Waals surface area (Å²) in [6, 6.07) is 22.6. The Labute approximate surface area is 481 Å². The highest BCUT2D eigenvalue weighted by Gasteiger charge is 2.44. The zero-order chi connectivity index (χ0) is 57.6. The van der Waals surface area contributed by atoms with E-state index < -0.39 is 35.4 Å². The number of imidazole rings is 1. The lowest BCUT2D eigenvalue weighted by atomic mass is 9.85. The molecule has 3 aliphatic heterocycles. The van der Waals surface area contributed by atoms with Crippen LogP contribution in [0.25, 0.3) is 27.5 Å². The number of nitrogens with zero attached hydrogens (tertiary/aromatic N) is 9. The van der Waals surface area contributed by atoms with Gasteiger partial charge in [0.05, 0.1) is 93.0 Å². The first-order valence-corrected chi connectivity index (χ1v) is 28.9. The van der Waals surface area contributed by atoms with Crippen molar-refractivity contribution in [3.8, 4) is 21.8 Å². The van der Waals surface area contributed by atoms with Crippen LogP contribution in [0.5, 0.6) is 0 Å². The number of likely N-dealkylation sites (tertiary alicyclic amines) is 1. The van der Waals surface area contributed by atoms with Crippen molar-refractivity contribution >= 4 is 52.2 Å². The summed E-state index contributed by atoms with van der Waals surface area (Å²) in [5, 5.41) is 21.3. The summed E-state index contributed by atoms with van der Waals surface area (Å²) < 4.78 is 43.9. The van der Waals surface area contributed by atoms with Crippen LogP contribution in [0.4, 0.5) is 16.0 Å². The summed E-state index contributed by atoms with van der Waals surface area (Å²) in [5.74, 6) is -0.0596. The number of β-amino-alcohol motifs (C(OH)–C–C–N with tert-alkyl or cyclic N) is 1. The first kappa shape index (κ1) is 59.6. The smallest absolute Gasteiger partial charge is 0.248 e. The maximum absolute atomic E-state index is 14.1. The van der Waals surface area contributed by atoms with E-state index in [-0.39, 0.29) is 76.2 Å². The lowest BCUT2D eigenvalue weighted by Gasteiger charge is -2.35. The fourth-order valence-corrected chi connectivity index (χ4v) is 11.2. The largest absolute Gasteiger partial charge is 0.391 e. The number of rotatable bonds is 26. The Kier molecular flexibility index (Phi) is 20.6. The van der Waals surface area contributed by atoms with E-state index in [0.717, 1.165) is 69.7 Å². The molecule has 4 aromatic heterocycles. The predicted octanol–water partition coefficient (Wildman–Crippen LogP) is 5.24. The summed E-state index contributed by atoms with van der Waals surface area (Å²) in [6.45, 7) is 12.7. The fraction of sp³-hybridized carbons (Fsp3) is 0.492. The summed E-state index contributed by atoms with van der Waals surface area (Å²) >= 11 is 1.57. The molecule has 9 rings (SSSR count). The van der Waals surface area contributed by atoms with Gasteiger partial charge in [0, 0.05) is 52.2 Å². The minimum absolute atomic E-state index is 0.0263. The molecule has 23 heteroatoms. The third-order valence-corrected chi connectivity index (χ3v) is 15.7. The molecule has 4 atom stereocenters. The quantitative estimate of drug-likeness (QED) is 0.0590. The van der Waals surface area contributed by atoms with Gasteiger partial charge < -0.3 is 59.0 Å². The number of anilines is 2. The molecule has 0 spiro atoms. The zero-order valence-electron chi connectivity index (χ0n) is 47.0. The van der Waals surface area contributed by atoms with Gasteiger partial charge in [0.1, 0.15) is 48.4 Å². The van der Waals surface area contributed by atoms with Crippen molar-refractivity contribution in [3.05, 3.63) is 113 Å². The van der Waals surface area contributed by atoms with E-state index >= 15 is 0 Å². The van der Waals surface area contributed by atoms with Gasteiger partial charge in [0.2, 0.25) is 23.6 Å². The average molecular weight is 1150 g/mol. The number of aryl methyl sites for hydroxylation is 1. The van der Waals surface area contributed by atoms with Crippen LogP contribution in [0.3, 0.4) is 0 Å². The van der Waals surface area contributed by atoms with Crippen molar-refractivity contribution < 1.29 is 52.4 Å². The van der Waals surface area contributed by atoms with Gasteiger partial charge in [-0.15, -0.1) is 16.4 Å². The molecule has 6 aromatic rings. The molecule has 82 heavy (non-hydrogen) atoms. The molecule has 0 bridgehead atoms. The lowest BCUT2D eigenvalue weighted by molar-refractivity contribution is -0.144. The highest BCUT2D eigenvalue weighted by atomic mass is 32.1. The van der Waals surface area contributed by atoms with E-state index in [1.165, 1.54) is 11.0 Å². The summed E-state index contributed by atoms with van der Waals surface area (Å²) in [4.78, 5) is 76.0. The van der Waals surface area contributed by atoms with Crippen molar-refractivity contribution in [2.45, 2.75) is 77.7 Å². The van der Waals surface area contributed by atoms with Crippen LogP contribution in [0, 0.1) is 18.2 Å². The number of fused-ring (bicyclic) bond motifs is 1.